The Balaban J connectivity index is 1.74. The summed E-state index contributed by atoms with van der Waals surface area (Å²) in [6.45, 7) is 0. The lowest BCUT2D eigenvalue weighted by Gasteiger charge is -2.11. The van der Waals surface area contributed by atoms with Gasteiger partial charge in [-0.05, 0) is 42.2 Å². The van der Waals surface area contributed by atoms with E-state index in [1.165, 1.54) is 16.8 Å². The van der Waals surface area contributed by atoms with Crippen LogP contribution in [0.1, 0.15) is 11.1 Å². The van der Waals surface area contributed by atoms with Crippen LogP contribution in [0.15, 0.2) is 48.5 Å². The number of hydrogen-bond donors (Lipinski definition) is 1. The van der Waals surface area contributed by atoms with Crippen molar-refractivity contribution in [1.29, 1.82) is 0 Å². The number of rotatable bonds is 2. The maximum atomic E-state index is 6.00. The summed E-state index contributed by atoms with van der Waals surface area (Å²) in [7, 11) is 0. The van der Waals surface area contributed by atoms with Gasteiger partial charge in [-0.2, -0.15) is 0 Å². The van der Waals surface area contributed by atoms with Gasteiger partial charge in [0, 0.05) is 16.8 Å². The van der Waals surface area contributed by atoms with Gasteiger partial charge in [-0.15, -0.1) is 0 Å². The van der Waals surface area contributed by atoms with Crippen molar-refractivity contribution in [3.63, 3.8) is 0 Å². The molecule has 0 fully saturated rings. The van der Waals surface area contributed by atoms with E-state index in [0.29, 0.717) is 6.04 Å². The molecular weight excluding hydrogens is 230 g/mol. The summed E-state index contributed by atoms with van der Waals surface area (Å²) in [4.78, 5) is 0. The van der Waals surface area contributed by atoms with Crippen LogP contribution in [0.4, 0.5) is 5.69 Å². The Morgan fingerprint density at radius 3 is 2.82 bits per heavy atom. The van der Waals surface area contributed by atoms with Gasteiger partial charge in [0.25, 0.3) is 0 Å². The lowest BCUT2D eigenvalue weighted by molar-refractivity contribution is 0.746. The van der Waals surface area contributed by atoms with Crippen LogP contribution in [0.5, 0.6) is 0 Å². The Bertz CT molecular complexity index is 511. The molecule has 0 amide bonds. The third-order valence-corrected chi connectivity index (χ3v) is 3.45. The molecule has 0 spiro atoms. The first-order valence-electron chi connectivity index (χ1n) is 5.90. The highest BCUT2D eigenvalue weighted by Gasteiger charge is 2.19. The number of benzene rings is 2. The van der Waals surface area contributed by atoms with E-state index in [2.05, 4.69) is 35.6 Å². The quantitative estimate of drug-likeness (QED) is 0.843. The molecule has 1 heterocycles. The van der Waals surface area contributed by atoms with E-state index >= 15 is 0 Å². The Labute approximate surface area is 106 Å². The van der Waals surface area contributed by atoms with Gasteiger partial charge in [0.1, 0.15) is 0 Å². The van der Waals surface area contributed by atoms with Crippen molar-refractivity contribution in [1.82, 2.24) is 0 Å². The molecule has 2 aromatic rings. The minimum atomic E-state index is 0.492. The molecule has 0 radical (unpaired) electrons. The van der Waals surface area contributed by atoms with Gasteiger partial charge >= 0.3 is 0 Å². The average molecular weight is 244 g/mol. The molecule has 1 N–H and O–H groups in total. The van der Waals surface area contributed by atoms with Crippen LogP contribution in [-0.4, -0.2) is 6.04 Å². The van der Waals surface area contributed by atoms with Gasteiger partial charge in [-0.1, -0.05) is 41.9 Å². The molecule has 17 heavy (non-hydrogen) atoms. The first-order chi connectivity index (χ1) is 8.31. The molecule has 1 atom stereocenters. The first-order valence-corrected chi connectivity index (χ1v) is 6.28. The van der Waals surface area contributed by atoms with E-state index in [1.54, 1.807) is 0 Å². The van der Waals surface area contributed by atoms with Crippen molar-refractivity contribution in [2.75, 3.05) is 5.32 Å². The molecule has 2 heteroatoms. The Hall–Kier alpha value is -1.47. The first kappa shape index (κ1) is 10.7. The largest absolute Gasteiger partial charge is 0.381 e. The van der Waals surface area contributed by atoms with Crippen LogP contribution in [0.2, 0.25) is 5.02 Å². The van der Waals surface area contributed by atoms with Crippen molar-refractivity contribution in [2.24, 2.45) is 0 Å². The van der Waals surface area contributed by atoms with Gasteiger partial charge in [-0.25, -0.2) is 0 Å². The van der Waals surface area contributed by atoms with E-state index in [1.807, 2.05) is 18.2 Å². The molecule has 2 aromatic carbocycles. The predicted molar refractivity (Wildman–Crippen MR) is 72.7 cm³/mol. The zero-order valence-electron chi connectivity index (χ0n) is 9.49. The summed E-state index contributed by atoms with van der Waals surface area (Å²) >= 11 is 6.00. The number of fused-ring (bicyclic) bond motifs is 1. The molecule has 0 saturated heterocycles. The average Bonchev–Trinajstić information content (AvgIpc) is 2.71. The molecular formula is C15H14ClN. The molecule has 0 aliphatic carbocycles. The standard InChI is InChI=1S/C15H14ClN/c16-13-6-3-4-11(8-13)9-14-10-12-5-1-2-7-15(12)17-14/h1-8,14,17H,9-10H2. The summed E-state index contributed by atoms with van der Waals surface area (Å²) in [5, 5.41) is 4.38. The van der Waals surface area contributed by atoms with Crippen LogP contribution < -0.4 is 5.32 Å². The van der Waals surface area contributed by atoms with Gasteiger partial charge in [0.2, 0.25) is 0 Å². The third-order valence-electron chi connectivity index (χ3n) is 3.21. The van der Waals surface area contributed by atoms with Crippen LogP contribution in [0.3, 0.4) is 0 Å². The number of hydrogen-bond acceptors (Lipinski definition) is 1. The predicted octanol–water partition coefficient (Wildman–Crippen LogP) is 3.92. The van der Waals surface area contributed by atoms with E-state index in [9.17, 15) is 0 Å². The fourth-order valence-electron chi connectivity index (χ4n) is 2.45. The summed E-state index contributed by atoms with van der Waals surface area (Å²) in [5.74, 6) is 0. The molecule has 1 nitrogen and oxygen atoms in total. The van der Waals surface area contributed by atoms with Crippen molar-refractivity contribution < 1.29 is 0 Å². The fraction of sp³-hybridized carbons (Fsp3) is 0.200. The zero-order chi connectivity index (χ0) is 11.7. The number of nitrogens with one attached hydrogen (secondary N) is 1. The second kappa shape index (κ2) is 4.42. The van der Waals surface area contributed by atoms with Gasteiger partial charge in [-0.3, -0.25) is 0 Å². The normalized spacial score (nSPS) is 17.6. The Morgan fingerprint density at radius 1 is 1.12 bits per heavy atom. The summed E-state index contributed by atoms with van der Waals surface area (Å²) in [6, 6.07) is 17.1. The van der Waals surface area contributed by atoms with Crippen molar-refractivity contribution in [3.05, 3.63) is 64.7 Å². The second-order valence-electron chi connectivity index (χ2n) is 4.54. The van der Waals surface area contributed by atoms with E-state index in [0.717, 1.165) is 17.9 Å². The number of para-hydroxylation sites is 1. The summed E-state index contributed by atoms with van der Waals surface area (Å²) in [6.07, 6.45) is 2.12. The molecule has 86 valence electrons. The lowest BCUT2D eigenvalue weighted by atomic mass is 10.0. The zero-order valence-corrected chi connectivity index (χ0v) is 10.2. The molecule has 1 aliphatic heterocycles. The topological polar surface area (TPSA) is 12.0 Å². The summed E-state index contributed by atoms with van der Waals surface area (Å²) in [5.41, 5.74) is 3.99. The highest BCUT2D eigenvalue weighted by molar-refractivity contribution is 6.30. The maximum absolute atomic E-state index is 6.00. The maximum Gasteiger partial charge on any atom is 0.0408 e. The van der Waals surface area contributed by atoms with Crippen molar-refractivity contribution in [2.45, 2.75) is 18.9 Å². The van der Waals surface area contributed by atoms with E-state index < -0.39 is 0 Å². The lowest BCUT2D eigenvalue weighted by Crippen LogP contribution is -2.18. The smallest absolute Gasteiger partial charge is 0.0408 e. The van der Waals surface area contributed by atoms with Crippen molar-refractivity contribution >= 4 is 17.3 Å². The SMILES string of the molecule is Clc1cccc(CC2Cc3ccccc3N2)c1. The monoisotopic (exact) mass is 243 g/mol. The Morgan fingerprint density at radius 2 is 2.00 bits per heavy atom. The fourth-order valence-corrected chi connectivity index (χ4v) is 2.66. The van der Waals surface area contributed by atoms with Crippen LogP contribution in [0.25, 0.3) is 0 Å². The van der Waals surface area contributed by atoms with E-state index in [-0.39, 0.29) is 0 Å². The third kappa shape index (κ3) is 2.29. The Kier molecular flexibility index (Phi) is 2.77. The van der Waals surface area contributed by atoms with E-state index in [4.69, 9.17) is 11.6 Å². The number of halogens is 1. The highest BCUT2D eigenvalue weighted by atomic mass is 35.5. The molecule has 3 rings (SSSR count). The molecule has 0 bridgehead atoms. The molecule has 1 aliphatic rings. The van der Waals surface area contributed by atoms with Crippen LogP contribution in [0, 0.1) is 0 Å². The van der Waals surface area contributed by atoms with Gasteiger partial charge < -0.3 is 5.32 Å². The highest BCUT2D eigenvalue weighted by Crippen LogP contribution is 2.27. The van der Waals surface area contributed by atoms with Crippen LogP contribution in [-0.2, 0) is 12.8 Å². The van der Waals surface area contributed by atoms with Gasteiger partial charge in [0.05, 0.1) is 0 Å². The number of anilines is 1. The minimum Gasteiger partial charge on any atom is -0.381 e. The van der Waals surface area contributed by atoms with Crippen LogP contribution >= 0.6 is 11.6 Å². The minimum absolute atomic E-state index is 0.492. The molecule has 0 aromatic heterocycles. The molecule has 0 saturated carbocycles. The summed E-state index contributed by atoms with van der Waals surface area (Å²) < 4.78 is 0. The van der Waals surface area contributed by atoms with Gasteiger partial charge in [0.15, 0.2) is 0 Å². The molecule has 1 unspecified atom stereocenters. The second-order valence-corrected chi connectivity index (χ2v) is 4.97. The van der Waals surface area contributed by atoms with Crippen molar-refractivity contribution in [3.8, 4) is 0 Å².